The minimum atomic E-state index is 0.223. The third-order valence-corrected chi connectivity index (χ3v) is 5.77. The van der Waals surface area contributed by atoms with Crippen LogP contribution in [0, 0.1) is 6.92 Å². The lowest BCUT2D eigenvalue weighted by molar-refractivity contribution is 0.342. The van der Waals surface area contributed by atoms with Crippen molar-refractivity contribution in [1.82, 2.24) is 29.5 Å². The molecule has 9 heteroatoms. The first-order valence-electron chi connectivity index (χ1n) is 10.4. The Morgan fingerprint density at radius 2 is 1.97 bits per heavy atom. The van der Waals surface area contributed by atoms with E-state index < -0.39 is 0 Å². The normalized spacial score (nSPS) is 14.1. The Labute approximate surface area is 183 Å². The predicted molar refractivity (Wildman–Crippen MR) is 119 cm³/mol. The molecule has 0 aliphatic carbocycles. The van der Waals surface area contributed by atoms with Gasteiger partial charge in [0.1, 0.15) is 17.0 Å². The average molecular weight is 427 g/mol. The van der Waals surface area contributed by atoms with Crippen LogP contribution in [-0.4, -0.2) is 49.7 Å². The van der Waals surface area contributed by atoms with Crippen LogP contribution < -0.4 is 9.64 Å². The van der Waals surface area contributed by atoms with Crippen molar-refractivity contribution in [3.05, 3.63) is 66.9 Å². The summed E-state index contributed by atoms with van der Waals surface area (Å²) in [7, 11) is 1.66. The van der Waals surface area contributed by atoms with Crippen LogP contribution in [-0.2, 0) is 0 Å². The number of imidazole rings is 1. The Morgan fingerprint density at radius 3 is 2.75 bits per heavy atom. The Kier molecular flexibility index (Phi) is 4.20. The minimum absolute atomic E-state index is 0.223. The second kappa shape index (κ2) is 7.23. The first kappa shape index (κ1) is 18.6. The maximum Gasteiger partial charge on any atom is 0.298 e. The summed E-state index contributed by atoms with van der Waals surface area (Å²) in [4.78, 5) is 11.0. The van der Waals surface area contributed by atoms with Crippen LogP contribution in [0.4, 0.5) is 6.01 Å². The van der Waals surface area contributed by atoms with Gasteiger partial charge >= 0.3 is 0 Å². The molecule has 1 aliphatic rings. The zero-order valence-electron chi connectivity index (χ0n) is 17.7. The summed E-state index contributed by atoms with van der Waals surface area (Å²) in [6, 6.07) is 14.7. The Hall–Kier alpha value is -4.14. The monoisotopic (exact) mass is 427 g/mol. The molecule has 0 radical (unpaired) electrons. The third kappa shape index (κ3) is 3.09. The van der Waals surface area contributed by atoms with E-state index in [0.29, 0.717) is 6.01 Å². The van der Waals surface area contributed by atoms with E-state index >= 15 is 0 Å². The smallest absolute Gasteiger partial charge is 0.298 e. The van der Waals surface area contributed by atoms with Gasteiger partial charge in [0.15, 0.2) is 5.58 Å². The van der Waals surface area contributed by atoms with Gasteiger partial charge in [-0.1, -0.05) is 23.4 Å². The molecule has 6 rings (SSSR count). The van der Waals surface area contributed by atoms with Gasteiger partial charge < -0.3 is 18.6 Å². The lowest BCUT2D eigenvalue weighted by Gasteiger charge is -2.37. The van der Waals surface area contributed by atoms with Gasteiger partial charge in [-0.05, 0) is 31.2 Å². The summed E-state index contributed by atoms with van der Waals surface area (Å²) in [5.41, 5.74) is 5.30. The highest BCUT2D eigenvalue weighted by Gasteiger charge is 2.32. The molecule has 32 heavy (non-hydrogen) atoms. The highest BCUT2D eigenvalue weighted by atomic mass is 16.5. The van der Waals surface area contributed by atoms with Crippen LogP contribution in [0.3, 0.4) is 0 Å². The Bertz CT molecular complexity index is 1380. The first-order chi connectivity index (χ1) is 15.7. The Balaban J connectivity index is 1.19. The van der Waals surface area contributed by atoms with Crippen LogP contribution in [0.5, 0.6) is 5.75 Å². The van der Waals surface area contributed by atoms with Crippen molar-refractivity contribution in [3.8, 4) is 22.7 Å². The molecule has 0 saturated carbocycles. The number of oxazole rings is 1. The van der Waals surface area contributed by atoms with Crippen molar-refractivity contribution >= 4 is 17.1 Å². The SMILES string of the molecule is COc1cc(-c2cn(C3CN(c4nc5ccccc5o4)C3)nn2)ccc1-n1cnc(C)c1. The van der Waals surface area contributed by atoms with E-state index in [9.17, 15) is 0 Å². The van der Waals surface area contributed by atoms with Crippen LogP contribution in [0.1, 0.15) is 11.7 Å². The van der Waals surface area contributed by atoms with Gasteiger partial charge in [-0.25, -0.2) is 9.67 Å². The Morgan fingerprint density at radius 1 is 1.09 bits per heavy atom. The minimum Gasteiger partial charge on any atom is -0.495 e. The van der Waals surface area contributed by atoms with E-state index in [1.165, 1.54) is 0 Å². The molecule has 0 unspecified atom stereocenters. The molecule has 0 spiro atoms. The largest absolute Gasteiger partial charge is 0.495 e. The molecular formula is C23H21N7O2. The number of anilines is 1. The zero-order valence-corrected chi connectivity index (χ0v) is 17.7. The molecule has 1 fully saturated rings. The van der Waals surface area contributed by atoms with Gasteiger partial charge in [-0.3, -0.25) is 0 Å². The lowest BCUT2D eigenvalue weighted by Crippen LogP contribution is -2.48. The maximum atomic E-state index is 5.85. The molecule has 160 valence electrons. The average Bonchev–Trinajstić information content (AvgIpc) is 3.52. The molecule has 4 heterocycles. The summed E-state index contributed by atoms with van der Waals surface area (Å²) in [5, 5.41) is 8.74. The first-order valence-corrected chi connectivity index (χ1v) is 10.4. The number of fused-ring (bicyclic) bond motifs is 1. The van der Waals surface area contributed by atoms with Crippen molar-refractivity contribution in [2.45, 2.75) is 13.0 Å². The van der Waals surface area contributed by atoms with Crippen LogP contribution >= 0.6 is 0 Å². The molecule has 9 nitrogen and oxygen atoms in total. The summed E-state index contributed by atoms with van der Waals surface area (Å²) in [5.74, 6) is 0.750. The standard InChI is InChI=1S/C23H21N7O2/c1-15-10-29(14-24-15)20-8-7-16(9-22(20)31-2)19-13-30(27-26-19)17-11-28(12-17)23-25-18-5-3-4-6-21(18)32-23/h3-10,13-14,17H,11-12H2,1-2H3. The fourth-order valence-electron chi connectivity index (χ4n) is 3.96. The second-order valence-corrected chi connectivity index (χ2v) is 7.92. The molecule has 2 aromatic carbocycles. The van der Waals surface area contributed by atoms with Gasteiger partial charge in [-0.15, -0.1) is 5.10 Å². The van der Waals surface area contributed by atoms with E-state index in [2.05, 4.69) is 25.2 Å². The van der Waals surface area contributed by atoms with Crippen LogP contribution in [0.15, 0.2) is 65.6 Å². The molecule has 1 saturated heterocycles. The zero-order chi connectivity index (χ0) is 21.7. The van der Waals surface area contributed by atoms with Gasteiger partial charge in [0.2, 0.25) is 0 Å². The number of rotatable bonds is 5. The summed E-state index contributed by atoms with van der Waals surface area (Å²) in [6.45, 7) is 3.51. The van der Waals surface area contributed by atoms with Gasteiger partial charge in [0.05, 0.1) is 37.1 Å². The van der Waals surface area contributed by atoms with Crippen LogP contribution in [0.2, 0.25) is 0 Å². The molecule has 0 amide bonds. The summed E-state index contributed by atoms with van der Waals surface area (Å²) in [6.07, 6.45) is 5.72. The van der Waals surface area contributed by atoms with E-state index in [1.54, 1.807) is 13.4 Å². The van der Waals surface area contributed by atoms with E-state index in [-0.39, 0.29) is 6.04 Å². The topological polar surface area (TPSA) is 87.0 Å². The number of hydrogen-bond donors (Lipinski definition) is 0. The number of aromatic nitrogens is 6. The van der Waals surface area contributed by atoms with Gasteiger partial charge in [0.25, 0.3) is 6.01 Å². The number of para-hydroxylation sites is 2. The van der Waals surface area contributed by atoms with Crippen molar-refractivity contribution in [1.29, 1.82) is 0 Å². The molecule has 0 atom stereocenters. The fraction of sp³-hybridized carbons (Fsp3) is 0.217. The summed E-state index contributed by atoms with van der Waals surface area (Å²) >= 11 is 0. The highest BCUT2D eigenvalue weighted by molar-refractivity contribution is 5.74. The number of aryl methyl sites for hydroxylation is 1. The fourth-order valence-corrected chi connectivity index (χ4v) is 3.96. The lowest BCUT2D eigenvalue weighted by atomic mass is 10.1. The quantitative estimate of drug-likeness (QED) is 0.423. The van der Waals surface area contributed by atoms with Gasteiger partial charge in [0, 0.05) is 24.8 Å². The molecule has 0 N–H and O–H groups in total. The molecule has 0 bridgehead atoms. The molecule has 5 aromatic rings. The van der Waals surface area contributed by atoms with Gasteiger partial charge in [-0.2, -0.15) is 4.98 Å². The van der Waals surface area contributed by atoms with Crippen molar-refractivity contribution in [2.75, 3.05) is 25.1 Å². The predicted octanol–water partition coefficient (Wildman–Crippen LogP) is 3.65. The number of ether oxygens (including phenoxy) is 1. The van der Waals surface area contributed by atoms with E-state index in [1.807, 2.05) is 71.0 Å². The number of methoxy groups -OCH3 is 1. The molecule has 1 aliphatic heterocycles. The third-order valence-electron chi connectivity index (χ3n) is 5.77. The number of hydrogen-bond acceptors (Lipinski definition) is 7. The van der Waals surface area contributed by atoms with E-state index in [0.717, 1.165) is 52.6 Å². The summed E-state index contributed by atoms with van der Waals surface area (Å²) < 4.78 is 15.3. The van der Waals surface area contributed by atoms with Crippen LogP contribution in [0.25, 0.3) is 28.0 Å². The highest BCUT2D eigenvalue weighted by Crippen LogP contribution is 2.32. The van der Waals surface area contributed by atoms with Crippen molar-refractivity contribution in [2.24, 2.45) is 0 Å². The maximum absolute atomic E-state index is 5.85. The van der Waals surface area contributed by atoms with E-state index in [4.69, 9.17) is 9.15 Å². The number of nitrogens with zero attached hydrogens (tertiary/aromatic N) is 7. The number of benzene rings is 2. The van der Waals surface area contributed by atoms with Crippen molar-refractivity contribution < 1.29 is 9.15 Å². The molecular weight excluding hydrogens is 406 g/mol. The molecule has 3 aromatic heterocycles. The second-order valence-electron chi connectivity index (χ2n) is 7.92. The van der Waals surface area contributed by atoms with Crippen molar-refractivity contribution in [3.63, 3.8) is 0 Å².